The van der Waals surface area contributed by atoms with E-state index in [4.69, 9.17) is 13.9 Å². The number of nitro groups is 1. The number of nitro benzene ring substituents is 1. The predicted molar refractivity (Wildman–Crippen MR) is 119 cm³/mol. The average molecular weight is 482 g/mol. The van der Waals surface area contributed by atoms with Crippen LogP contribution >= 0.6 is 15.9 Å². The van der Waals surface area contributed by atoms with Crippen molar-refractivity contribution in [1.29, 1.82) is 0 Å². The highest BCUT2D eigenvalue weighted by molar-refractivity contribution is 9.10. The molecule has 0 spiro atoms. The number of aryl methyl sites for hydroxylation is 1. The van der Waals surface area contributed by atoms with Gasteiger partial charge in [0.1, 0.15) is 29.4 Å². The van der Waals surface area contributed by atoms with Crippen LogP contribution in [-0.4, -0.2) is 4.92 Å². The summed E-state index contributed by atoms with van der Waals surface area (Å²) < 4.78 is 18.1. The molecule has 0 aliphatic rings. The van der Waals surface area contributed by atoms with E-state index in [-0.39, 0.29) is 23.5 Å². The Morgan fingerprint density at radius 3 is 2.52 bits per heavy atom. The Kier molecular flexibility index (Phi) is 5.73. The summed E-state index contributed by atoms with van der Waals surface area (Å²) in [4.78, 5) is 23.2. The fourth-order valence-corrected chi connectivity index (χ4v) is 3.36. The number of ether oxygens (including phenoxy) is 2. The van der Waals surface area contributed by atoms with Crippen molar-refractivity contribution in [2.75, 3.05) is 0 Å². The van der Waals surface area contributed by atoms with Gasteiger partial charge in [-0.1, -0.05) is 12.1 Å². The van der Waals surface area contributed by atoms with E-state index >= 15 is 0 Å². The maximum absolute atomic E-state index is 12.9. The minimum atomic E-state index is -0.452. The van der Waals surface area contributed by atoms with Gasteiger partial charge in [-0.2, -0.15) is 0 Å². The van der Waals surface area contributed by atoms with Gasteiger partial charge in [0.05, 0.1) is 14.8 Å². The van der Waals surface area contributed by atoms with Gasteiger partial charge in [-0.15, -0.1) is 0 Å². The van der Waals surface area contributed by atoms with Crippen LogP contribution in [0.5, 0.6) is 17.2 Å². The molecule has 1 aromatic heterocycles. The molecule has 0 saturated carbocycles. The van der Waals surface area contributed by atoms with Crippen molar-refractivity contribution < 1.29 is 18.8 Å². The van der Waals surface area contributed by atoms with Gasteiger partial charge in [0, 0.05) is 18.2 Å². The van der Waals surface area contributed by atoms with Crippen LogP contribution in [0.1, 0.15) is 11.3 Å². The molecule has 4 aromatic rings. The van der Waals surface area contributed by atoms with E-state index in [2.05, 4.69) is 15.9 Å². The Balaban J connectivity index is 1.57. The fourth-order valence-electron chi connectivity index (χ4n) is 2.99. The third-order valence-electron chi connectivity index (χ3n) is 4.59. The molecule has 31 heavy (non-hydrogen) atoms. The second kappa shape index (κ2) is 8.61. The number of non-ortho nitro benzene ring substituents is 1. The number of hydrogen-bond donors (Lipinski definition) is 0. The number of nitrogens with zero attached hydrogens (tertiary/aromatic N) is 1. The number of hydrogen-bond acceptors (Lipinski definition) is 6. The number of fused-ring (bicyclic) bond motifs is 1. The third-order valence-corrected chi connectivity index (χ3v) is 5.24. The van der Waals surface area contributed by atoms with E-state index < -0.39 is 4.92 Å². The molecule has 0 radical (unpaired) electrons. The minimum Gasteiger partial charge on any atom is -0.489 e. The van der Waals surface area contributed by atoms with Gasteiger partial charge in [-0.25, -0.2) is 0 Å². The molecular formula is C23H16BrNO6. The lowest BCUT2D eigenvalue weighted by Crippen LogP contribution is -2.07. The molecule has 0 fully saturated rings. The van der Waals surface area contributed by atoms with Gasteiger partial charge in [-0.05, 0) is 64.8 Å². The summed E-state index contributed by atoms with van der Waals surface area (Å²) in [6, 6.07) is 18.3. The van der Waals surface area contributed by atoms with Gasteiger partial charge >= 0.3 is 0 Å². The van der Waals surface area contributed by atoms with Crippen molar-refractivity contribution in [1.82, 2.24) is 0 Å². The van der Waals surface area contributed by atoms with Gasteiger partial charge < -0.3 is 13.9 Å². The maximum Gasteiger partial charge on any atom is 0.269 e. The summed E-state index contributed by atoms with van der Waals surface area (Å²) in [6.45, 7) is 1.88. The van der Waals surface area contributed by atoms with E-state index in [1.807, 2.05) is 18.2 Å². The molecular weight excluding hydrogens is 466 g/mol. The average Bonchev–Trinajstić information content (AvgIpc) is 2.76. The first-order chi connectivity index (χ1) is 14.9. The van der Waals surface area contributed by atoms with Gasteiger partial charge in [0.25, 0.3) is 5.69 Å². The van der Waals surface area contributed by atoms with Crippen molar-refractivity contribution in [2.24, 2.45) is 0 Å². The van der Waals surface area contributed by atoms with E-state index in [1.165, 1.54) is 12.1 Å². The summed E-state index contributed by atoms with van der Waals surface area (Å²) in [5, 5.41) is 11.1. The van der Waals surface area contributed by atoms with Crippen molar-refractivity contribution in [3.63, 3.8) is 0 Å². The molecule has 156 valence electrons. The fraction of sp³-hybridized carbons (Fsp3) is 0.0870. The number of rotatable bonds is 6. The summed E-state index contributed by atoms with van der Waals surface area (Å²) in [6.07, 6.45) is 0. The van der Waals surface area contributed by atoms with Crippen molar-refractivity contribution in [2.45, 2.75) is 13.5 Å². The molecule has 0 saturated heterocycles. The van der Waals surface area contributed by atoms with E-state index in [0.29, 0.717) is 28.2 Å². The largest absolute Gasteiger partial charge is 0.489 e. The van der Waals surface area contributed by atoms with Crippen molar-refractivity contribution >= 4 is 32.6 Å². The zero-order valence-electron chi connectivity index (χ0n) is 16.3. The van der Waals surface area contributed by atoms with Crippen LogP contribution in [0, 0.1) is 17.0 Å². The molecule has 1 heterocycles. The quantitative estimate of drug-likeness (QED) is 0.242. The SMILES string of the molecule is Cc1oc2cc(OCc3ccc([N+](=O)[O-])cc3)ccc2c(=O)c1Oc1ccccc1Br. The molecule has 4 rings (SSSR count). The summed E-state index contributed by atoms with van der Waals surface area (Å²) in [7, 11) is 0. The second-order valence-electron chi connectivity index (χ2n) is 6.72. The van der Waals surface area contributed by atoms with Crippen molar-refractivity contribution in [3.05, 3.63) is 103 Å². The summed E-state index contributed by atoms with van der Waals surface area (Å²) in [5.41, 5.74) is 0.896. The van der Waals surface area contributed by atoms with Gasteiger partial charge in [-0.3, -0.25) is 14.9 Å². The molecule has 0 N–H and O–H groups in total. The molecule has 0 atom stereocenters. The summed E-state index contributed by atoms with van der Waals surface area (Å²) in [5.74, 6) is 1.49. The lowest BCUT2D eigenvalue weighted by molar-refractivity contribution is -0.384. The van der Waals surface area contributed by atoms with Crippen LogP contribution in [-0.2, 0) is 6.61 Å². The highest BCUT2D eigenvalue weighted by atomic mass is 79.9. The molecule has 0 bridgehead atoms. The van der Waals surface area contributed by atoms with Gasteiger partial charge in [0.2, 0.25) is 11.2 Å². The zero-order valence-corrected chi connectivity index (χ0v) is 17.9. The first-order valence-electron chi connectivity index (χ1n) is 9.28. The van der Waals surface area contributed by atoms with Crippen LogP contribution < -0.4 is 14.9 Å². The second-order valence-corrected chi connectivity index (χ2v) is 7.57. The standard InChI is InChI=1S/C23H16BrNO6/c1-14-23(31-20-5-3-2-4-19(20)24)22(26)18-11-10-17(12-21(18)30-14)29-13-15-6-8-16(9-7-15)25(27)28/h2-12H,13H2,1H3. The molecule has 0 aliphatic heterocycles. The third kappa shape index (κ3) is 4.44. The maximum atomic E-state index is 12.9. The first-order valence-corrected chi connectivity index (χ1v) is 10.1. The van der Waals surface area contributed by atoms with Crippen LogP contribution in [0.15, 0.2) is 80.4 Å². The van der Waals surface area contributed by atoms with E-state index in [9.17, 15) is 14.9 Å². The summed E-state index contributed by atoms with van der Waals surface area (Å²) >= 11 is 3.40. The minimum absolute atomic E-state index is 0.0206. The number of para-hydroxylation sites is 1. The smallest absolute Gasteiger partial charge is 0.269 e. The number of halogens is 1. The molecule has 0 aliphatic carbocycles. The Morgan fingerprint density at radius 1 is 1.06 bits per heavy atom. The first kappa shape index (κ1) is 20.6. The zero-order chi connectivity index (χ0) is 22.0. The van der Waals surface area contributed by atoms with Crippen LogP contribution in [0.25, 0.3) is 11.0 Å². The molecule has 0 unspecified atom stereocenters. The van der Waals surface area contributed by atoms with Crippen LogP contribution in [0.4, 0.5) is 5.69 Å². The number of benzene rings is 3. The monoisotopic (exact) mass is 481 g/mol. The Bertz CT molecular complexity index is 1330. The molecule has 0 amide bonds. The van der Waals surface area contributed by atoms with Crippen LogP contribution in [0.2, 0.25) is 0 Å². The predicted octanol–water partition coefficient (Wildman–Crippen LogP) is 6.14. The normalized spacial score (nSPS) is 10.8. The lowest BCUT2D eigenvalue weighted by atomic mass is 10.2. The topological polar surface area (TPSA) is 91.8 Å². The highest BCUT2D eigenvalue weighted by Gasteiger charge is 2.15. The Morgan fingerprint density at radius 2 is 1.81 bits per heavy atom. The molecule has 3 aromatic carbocycles. The highest BCUT2D eigenvalue weighted by Crippen LogP contribution is 2.31. The lowest BCUT2D eigenvalue weighted by Gasteiger charge is -2.11. The molecule has 8 heteroatoms. The van der Waals surface area contributed by atoms with Crippen LogP contribution in [0.3, 0.4) is 0 Å². The Labute approximate surface area is 185 Å². The van der Waals surface area contributed by atoms with Gasteiger partial charge in [0.15, 0.2) is 0 Å². The van der Waals surface area contributed by atoms with E-state index in [0.717, 1.165) is 10.0 Å². The molecule has 7 nitrogen and oxygen atoms in total. The van der Waals surface area contributed by atoms with E-state index in [1.54, 1.807) is 43.3 Å². The van der Waals surface area contributed by atoms with Crippen molar-refractivity contribution in [3.8, 4) is 17.2 Å². The Hall–Kier alpha value is -3.65.